The van der Waals surface area contributed by atoms with Crippen LogP contribution in [0.25, 0.3) is 0 Å². The number of nitrogens with one attached hydrogen (secondary N) is 1. The molecule has 1 aromatic rings. The van der Waals surface area contributed by atoms with E-state index in [9.17, 15) is 0 Å². The van der Waals surface area contributed by atoms with Gasteiger partial charge in [0.2, 0.25) is 0 Å². The van der Waals surface area contributed by atoms with Crippen molar-refractivity contribution < 1.29 is 0 Å². The lowest BCUT2D eigenvalue weighted by Crippen LogP contribution is -2.23. The highest BCUT2D eigenvalue weighted by molar-refractivity contribution is 9.10. The Morgan fingerprint density at radius 3 is 2.53 bits per heavy atom. The van der Waals surface area contributed by atoms with E-state index in [-0.39, 0.29) is 0 Å². The first-order valence-electron chi connectivity index (χ1n) is 6.58. The number of thiophene rings is 1. The van der Waals surface area contributed by atoms with Crippen molar-refractivity contribution in [2.75, 3.05) is 6.54 Å². The van der Waals surface area contributed by atoms with Gasteiger partial charge in [0.15, 0.2) is 0 Å². The molecule has 0 aliphatic rings. The molecule has 0 fully saturated rings. The summed E-state index contributed by atoms with van der Waals surface area (Å²) in [4.78, 5) is 2.93. The van der Waals surface area contributed by atoms with Crippen LogP contribution in [0.1, 0.15) is 49.3 Å². The molecule has 1 rings (SSSR count). The van der Waals surface area contributed by atoms with Crippen molar-refractivity contribution in [1.82, 2.24) is 5.32 Å². The highest BCUT2D eigenvalue weighted by atomic mass is 79.9. The van der Waals surface area contributed by atoms with Gasteiger partial charge >= 0.3 is 0 Å². The molecule has 0 amide bonds. The Balaban J connectivity index is 2.01. The number of hydrogen-bond donors (Lipinski definition) is 1. The minimum absolute atomic E-state index is 0.626. The Labute approximate surface area is 118 Å². The van der Waals surface area contributed by atoms with Crippen LogP contribution in [0.15, 0.2) is 10.5 Å². The minimum Gasteiger partial charge on any atom is -0.315 e. The fraction of sp³-hybridized carbons (Fsp3) is 0.714. The molecular weight excluding hydrogens is 294 g/mol. The Kier molecular flexibility index (Phi) is 7.40. The van der Waals surface area contributed by atoms with Gasteiger partial charge in [0.25, 0.3) is 0 Å². The van der Waals surface area contributed by atoms with Crippen LogP contribution in [0.5, 0.6) is 0 Å². The van der Waals surface area contributed by atoms with Crippen LogP contribution < -0.4 is 5.32 Å². The molecule has 0 aromatic carbocycles. The third-order valence-corrected chi connectivity index (χ3v) is 5.01. The third kappa shape index (κ3) is 6.58. The molecule has 0 unspecified atom stereocenters. The van der Waals surface area contributed by atoms with Gasteiger partial charge < -0.3 is 5.32 Å². The van der Waals surface area contributed by atoms with E-state index in [0.29, 0.717) is 6.04 Å². The highest BCUT2D eigenvalue weighted by Gasteiger charge is 2.02. The molecule has 1 N–H and O–H groups in total. The molecule has 3 heteroatoms. The van der Waals surface area contributed by atoms with Gasteiger partial charge in [-0.25, -0.2) is 0 Å². The first kappa shape index (κ1) is 15.2. The molecule has 0 atom stereocenters. The molecule has 1 heterocycles. The van der Waals surface area contributed by atoms with Gasteiger partial charge in [-0.05, 0) is 54.7 Å². The summed E-state index contributed by atoms with van der Waals surface area (Å²) in [7, 11) is 0. The second kappa shape index (κ2) is 8.28. The Morgan fingerprint density at radius 1 is 1.24 bits per heavy atom. The van der Waals surface area contributed by atoms with Crippen molar-refractivity contribution in [2.45, 2.75) is 58.9 Å². The maximum absolute atomic E-state index is 3.57. The van der Waals surface area contributed by atoms with Crippen LogP contribution >= 0.6 is 27.3 Å². The topological polar surface area (TPSA) is 12.0 Å². The van der Waals surface area contributed by atoms with Crippen LogP contribution in [0.3, 0.4) is 0 Å². The van der Waals surface area contributed by atoms with Gasteiger partial charge in [0, 0.05) is 20.3 Å². The zero-order valence-corrected chi connectivity index (χ0v) is 13.6. The Bertz CT molecular complexity index is 301. The smallest absolute Gasteiger partial charge is 0.0314 e. The predicted molar refractivity (Wildman–Crippen MR) is 82.1 cm³/mol. The first-order valence-corrected chi connectivity index (χ1v) is 8.18. The summed E-state index contributed by atoms with van der Waals surface area (Å²) in [5, 5.41) is 3.46. The molecule has 1 aromatic heterocycles. The van der Waals surface area contributed by atoms with Crippen LogP contribution in [0, 0.1) is 6.92 Å². The summed E-state index contributed by atoms with van der Waals surface area (Å²) in [5.41, 5.74) is 0. The predicted octanol–water partition coefficient (Wildman–Crippen LogP) is 4.92. The largest absolute Gasteiger partial charge is 0.315 e. The number of halogens is 1. The van der Waals surface area contributed by atoms with Crippen molar-refractivity contribution in [3.63, 3.8) is 0 Å². The molecule has 0 saturated heterocycles. The Morgan fingerprint density at radius 2 is 1.94 bits per heavy atom. The van der Waals surface area contributed by atoms with E-state index in [4.69, 9.17) is 0 Å². The summed E-state index contributed by atoms with van der Waals surface area (Å²) < 4.78 is 1.28. The molecule has 0 aliphatic carbocycles. The molecule has 0 bridgehead atoms. The fourth-order valence-electron chi connectivity index (χ4n) is 1.81. The van der Waals surface area contributed by atoms with Gasteiger partial charge in [0.1, 0.15) is 0 Å². The lowest BCUT2D eigenvalue weighted by Gasteiger charge is -2.07. The Hall–Kier alpha value is 0.140. The lowest BCUT2D eigenvalue weighted by molar-refractivity contribution is 0.542. The number of hydrogen-bond acceptors (Lipinski definition) is 2. The van der Waals surface area contributed by atoms with E-state index in [2.05, 4.69) is 48.1 Å². The van der Waals surface area contributed by atoms with E-state index in [1.807, 2.05) is 11.3 Å². The van der Waals surface area contributed by atoms with Crippen molar-refractivity contribution in [1.29, 1.82) is 0 Å². The summed E-state index contributed by atoms with van der Waals surface area (Å²) in [6.07, 6.45) is 6.59. The van der Waals surface area contributed by atoms with Crippen LogP contribution in [0.2, 0.25) is 0 Å². The molecular formula is C14H24BrNS. The number of rotatable bonds is 8. The maximum Gasteiger partial charge on any atom is 0.0314 e. The molecule has 0 radical (unpaired) electrons. The molecule has 0 saturated carbocycles. The zero-order valence-electron chi connectivity index (χ0n) is 11.2. The van der Waals surface area contributed by atoms with E-state index in [0.717, 1.165) is 0 Å². The van der Waals surface area contributed by atoms with E-state index < -0.39 is 0 Å². The maximum atomic E-state index is 3.57. The number of aryl methyl sites for hydroxylation is 2. The van der Waals surface area contributed by atoms with E-state index in [1.165, 1.54) is 52.9 Å². The van der Waals surface area contributed by atoms with Gasteiger partial charge in [-0.2, -0.15) is 0 Å². The van der Waals surface area contributed by atoms with Gasteiger partial charge in [0.05, 0.1) is 0 Å². The molecule has 17 heavy (non-hydrogen) atoms. The average Bonchev–Trinajstić information content (AvgIpc) is 2.56. The monoisotopic (exact) mass is 317 g/mol. The third-order valence-electron chi connectivity index (χ3n) is 2.81. The second-order valence-electron chi connectivity index (χ2n) is 4.89. The fourth-order valence-corrected chi connectivity index (χ4v) is 3.45. The average molecular weight is 318 g/mol. The summed E-state index contributed by atoms with van der Waals surface area (Å²) in [6, 6.07) is 2.90. The molecule has 0 spiro atoms. The normalized spacial score (nSPS) is 11.4. The first-order chi connectivity index (χ1) is 8.09. The lowest BCUT2D eigenvalue weighted by atomic mass is 10.1. The summed E-state index contributed by atoms with van der Waals surface area (Å²) in [6.45, 7) is 7.76. The van der Waals surface area contributed by atoms with Crippen LogP contribution in [-0.2, 0) is 6.42 Å². The van der Waals surface area contributed by atoms with Gasteiger partial charge in [-0.3, -0.25) is 0 Å². The molecule has 98 valence electrons. The SMILES string of the molecule is Cc1sc(CCCCCCNC(C)C)cc1Br. The molecule has 1 nitrogen and oxygen atoms in total. The van der Waals surface area contributed by atoms with Crippen molar-refractivity contribution in [3.8, 4) is 0 Å². The summed E-state index contributed by atoms with van der Waals surface area (Å²) in [5.74, 6) is 0. The van der Waals surface area contributed by atoms with Gasteiger partial charge in [-0.15, -0.1) is 11.3 Å². The van der Waals surface area contributed by atoms with E-state index >= 15 is 0 Å². The minimum atomic E-state index is 0.626. The van der Waals surface area contributed by atoms with Crippen LogP contribution in [-0.4, -0.2) is 12.6 Å². The standard InChI is InChI=1S/C14H24BrNS/c1-11(2)16-9-7-5-4-6-8-13-10-14(15)12(3)17-13/h10-11,16H,4-9H2,1-3H3. The molecule has 0 aliphatic heterocycles. The van der Waals surface area contributed by atoms with Gasteiger partial charge in [-0.1, -0.05) is 26.7 Å². The van der Waals surface area contributed by atoms with E-state index in [1.54, 1.807) is 0 Å². The quantitative estimate of drug-likeness (QED) is 0.671. The summed E-state index contributed by atoms with van der Waals surface area (Å²) >= 11 is 5.50. The van der Waals surface area contributed by atoms with Crippen LogP contribution in [0.4, 0.5) is 0 Å². The zero-order chi connectivity index (χ0) is 12.7. The van der Waals surface area contributed by atoms with Crippen molar-refractivity contribution >= 4 is 27.3 Å². The van der Waals surface area contributed by atoms with Crippen molar-refractivity contribution in [2.24, 2.45) is 0 Å². The highest BCUT2D eigenvalue weighted by Crippen LogP contribution is 2.27. The number of unbranched alkanes of at least 4 members (excludes halogenated alkanes) is 3. The second-order valence-corrected chi connectivity index (χ2v) is 7.09. The van der Waals surface area contributed by atoms with Crippen molar-refractivity contribution in [3.05, 3.63) is 20.3 Å².